The van der Waals surface area contributed by atoms with Crippen molar-refractivity contribution in [2.45, 2.75) is 13.0 Å². The Labute approximate surface area is 102 Å². The van der Waals surface area contributed by atoms with Crippen LogP contribution in [0.15, 0.2) is 17.8 Å². The van der Waals surface area contributed by atoms with Gasteiger partial charge in [0.2, 0.25) is 5.91 Å². The minimum Gasteiger partial charge on any atom is -0.330 e. The van der Waals surface area contributed by atoms with Crippen LogP contribution in [0.5, 0.6) is 0 Å². The first-order chi connectivity index (χ1) is 8.28. The van der Waals surface area contributed by atoms with Crippen molar-refractivity contribution >= 4 is 22.4 Å². The van der Waals surface area contributed by atoms with Crippen LogP contribution in [0.2, 0.25) is 0 Å². The van der Waals surface area contributed by atoms with Gasteiger partial charge in [0.25, 0.3) is 0 Å². The van der Waals surface area contributed by atoms with Crippen LogP contribution in [0.4, 0.5) is 5.13 Å². The van der Waals surface area contributed by atoms with E-state index < -0.39 is 0 Å². The van der Waals surface area contributed by atoms with Crippen LogP contribution < -0.4 is 11.1 Å². The molecule has 0 aliphatic heterocycles. The lowest BCUT2D eigenvalue weighted by molar-refractivity contribution is -0.116. The molecular weight excluding hydrogens is 240 g/mol. The summed E-state index contributed by atoms with van der Waals surface area (Å²) in [6.07, 6.45) is 4.01. The maximum atomic E-state index is 11.6. The standard InChI is InChI=1S/C9H12N6OS/c10-2-1-7-5-15(14-13-7)6-8(16)12-9-11-3-4-17-9/h3-5H,1-2,6,10H2,(H,11,12,16). The van der Waals surface area contributed by atoms with Gasteiger partial charge in [0.1, 0.15) is 6.54 Å². The normalized spacial score (nSPS) is 10.4. The topological polar surface area (TPSA) is 98.7 Å². The lowest BCUT2D eigenvalue weighted by Crippen LogP contribution is -2.19. The van der Waals surface area contributed by atoms with Gasteiger partial charge in [0.05, 0.1) is 5.69 Å². The quantitative estimate of drug-likeness (QED) is 0.772. The number of amides is 1. The number of nitrogens with one attached hydrogen (secondary N) is 1. The molecule has 0 aliphatic rings. The van der Waals surface area contributed by atoms with Crippen molar-refractivity contribution in [3.05, 3.63) is 23.5 Å². The van der Waals surface area contributed by atoms with Gasteiger partial charge in [-0.3, -0.25) is 4.79 Å². The average Bonchev–Trinajstić information content (AvgIpc) is 2.91. The predicted molar refractivity (Wildman–Crippen MR) is 63.5 cm³/mol. The molecular formula is C9H12N6OS. The molecule has 1 amide bonds. The molecule has 0 aromatic carbocycles. The average molecular weight is 252 g/mol. The molecule has 0 saturated heterocycles. The number of anilines is 1. The number of nitrogens with two attached hydrogens (primary N) is 1. The van der Waals surface area contributed by atoms with Crippen LogP contribution in [0.1, 0.15) is 5.69 Å². The monoisotopic (exact) mass is 252 g/mol. The van der Waals surface area contributed by atoms with E-state index >= 15 is 0 Å². The second kappa shape index (κ2) is 5.51. The summed E-state index contributed by atoms with van der Waals surface area (Å²) < 4.78 is 1.48. The molecule has 0 radical (unpaired) electrons. The molecule has 8 heteroatoms. The van der Waals surface area contributed by atoms with Crippen molar-refractivity contribution in [3.63, 3.8) is 0 Å². The van der Waals surface area contributed by atoms with E-state index in [1.165, 1.54) is 16.0 Å². The highest BCUT2D eigenvalue weighted by atomic mass is 32.1. The molecule has 0 unspecified atom stereocenters. The first-order valence-corrected chi connectivity index (χ1v) is 5.94. The first-order valence-electron chi connectivity index (χ1n) is 5.06. The van der Waals surface area contributed by atoms with E-state index in [2.05, 4.69) is 20.6 Å². The van der Waals surface area contributed by atoms with E-state index in [4.69, 9.17) is 5.73 Å². The Morgan fingerprint density at radius 3 is 3.18 bits per heavy atom. The molecule has 7 nitrogen and oxygen atoms in total. The van der Waals surface area contributed by atoms with Gasteiger partial charge >= 0.3 is 0 Å². The number of hydrogen-bond donors (Lipinski definition) is 2. The predicted octanol–water partition coefficient (Wildman–Crippen LogP) is -0.126. The zero-order valence-electron chi connectivity index (χ0n) is 9.04. The van der Waals surface area contributed by atoms with Crippen molar-refractivity contribution in [1.82, 2.24) is 20.0 Å². The highest BCUT2D eigenvalue weighted by molar-refractivity contribution is 7.13. The second-order valence-corrected chi connectivity index (χ2v) is 4.23. The van der Waals surface area contributed by atoms with E-state index in [1.54, 1.807) is 17.8 Å². The van der Waals surface area contributed by atoms with E-state index in [0.29, 0.717) is 18.1 Å². The Bertz CT molecular complexity index is 479. The molecule has 0 atom stereocenters. The van der Waals surface area contributed by atoms with Gasteiger partial charge in [0, 0.05) is 24.2 Å². The molecule has 0 spiro atoms. The Hall–Kier alpha value is -1.80. The van der Waals surface area contributed by atoms with Gasteiger partial charge in [-0.05, 0) is 6.54 Å². The van der Waals surface area contributed by atoms with Crippen molar-refractivity contribution < 1.29 is 4.79 Å². The third-order valence-electron chi connectivity index (χ3n) is 1.97. The molecule has 0 saturated carbocycles. The number of carbonyl (C=O) groups is 1. The highest BCUT2D eigenvalue weighted by Crippen LogP contribution is 2.09. The fourth-order valence-electron chi connectivity index (χ4n) is 1.27. The smallest absolute Gasteiger partial charge is 0.247 e. The van der Waals surface area contributed by atoms with Gasteiger partial charge in [-0.25, -0.2) is 9.67 Å². The van der Waals surface area contributed by atoms with Gasteiger partial charge in [-0.2, -0.15) is 0 Å². The fraction of sp³-hybridized carbons (Fsp3) is 0.333. The summed E-state index contributed by atoms with van der Waals surface area (Å²) in [5.74, 6) is -0.177. The molecule has 2 aromatic rings. The van der Waals surface area contributed by atoms with Crippen LogP contribution in [0.25, 0.3) is 0 Å². The minimum atomic E-state index is -0.177. The highest BCUT2D eigenvalue weighted by Gasteiger charge is 2.07. The fourth-order valence-corrected chi connectivity index (χ4v) is 1.81. The zero-order chi connectivity index (χ0) is 12.1. The van der Waals surface area contributed by atoms with Crippen molar-refractivity contribution in [2.75, 3.05) is 11.9 Å². The zero-order valence-corrected chi connectivity index (χ0v) is 9.85. The third kappa shape index (κ3) is 3.33. The molecule has 2 heterocycles. The van der Waals surface area contributed by atoms with Crippen LogP contribution in [-0.4, -0.2) is 32.4 Å². The summed E-state index contributed by atoms with van der Waals surface area (Å²) >= 11 is 1.37. The van der Waals surface area contributed by atoms with E-state index in [9.17, 15) is 4.79 Å². The van der Waals surface area contributed by atoms with Crippen LogP contribution in [0, 0.1) is 0 Å². The van der Waals surface area contributed by atoms with Crippen molar-refractivity contribution in [3.8, 4) is 0 Å². The van der Waals surface area contributed by atoms with Crippen LogP contribution in [0.3, 0.4) is 0 Å². The summed E-state index contributed by atoms with van der Waals surface area (Å²) in [5.41, 5.74) is 6.18. The largest absolute Gasteiger partial charge is 0.330 e. The van der Waals surface area contributed by atoms with Gasteiger partial charge in [0.15, 0.2) is 5.13 Å². The van der Waals surface area contributed by atoms with Gasteiger partial charge in [-0.15, -0.1) is 16.4 Å². The number of thiazole rings is 1. The van der Waals surface area contributed by atoms with Crippen LogP contribution >= 0.6 is 11.3 Å². The Kier molecular flexibility index (Phi) is 3.78. The van der Waals surface area contributed by atoms with E-state index in [1.807, 2.05) is 0 Å². The number of carbonyl (C=O) groups excluding carboxylic acids is 1. The lowest BCUT2D eigenvalue weighted by atomic mass is 10.3. The van der Waals surface area contributed by atoms with Gasteiger partial charge < -0.3 is 11.1 Å². The summed E-state index contributed by atoms with van der Waals surface area (Å²) in [4.78, 5) is 15.5. The molecule has 0 bridgehead atoms. The Balaban J connectivity index is 1.89. The molecule has 90 valence electrons. The number of nitrogens with zero attached hydrogens (tertiary/aromatic N) is 4. The van der Waals surface area contributed by atoms with Crippen molar-refractivity contribution in [1.29, 1.82) is 0 Å². The molecule has 0 fully saturated rings. The number of hydrogen-bond acceptors (Lipinski definition) is 6. The maximum absolute atomic E-state index is 11.6. The number of rotatable bonds is 5. The van der Waals surface area contributed by atoms with E-state index in [-0.39, 0.29) is 12.5 Å². The number of aromatic nitrogens is 4. The Morgan fingerprint density at radius 1 is 1.59 bits per heavy atom. The Morgan fingerprint density at radius 2 is 2.47 bits per heavy atom. The molecule has 0 aliphatic carbocycles. The van der Waals surface area contributed by atoms with Crippen LogP contribution in [-0.2, 0) is 17.8 Å². The third-order valence-corrected chi connectivity index (χ3v) is 2.66. The summed E-state index contributed by atoms with van der Waals surface area (Å²) in [7, 11) is 0. The van der Waals surface area contributed by atoms with Gasteiger partial charge in [-0.1, -0.05) is 5.21 Å². The minimum absolute atomic E-state index is 0.122. The lowest BCUT2D eigenvalue weighted by Gasteiger charge is -2.00. The first kappa shape index (κ1) is 11.7. The van der Waals surface area contributed by atoms with Crippen molar-refractivity contribution in [2.24, 2.45) is 5.73 Å². The maximum Gasteiger partial charge on any atom is 0.247 e. The summed E-state index contributed by atoms with van der Waals surface area (Å²) in [5, 5.41) is 12.8. The molecule has 17 heavy (non-hydrogen) atoms. The molecule has 2 rings (SSSR count). The summed E-state index contributed by atoms with van der Waals surface area (Å²) in [6, 6.07) is 0. The SMILES string of the molecule is NCCc1cn(CC(=O)Nc2nccs2)nn1. The summed E-state index contributed by atoms with van der Waals surface area (Å²) in [6.45, 7) is 0.640. The van der Waals surface area contributed by atoms with E-state index in [0.717, 1.165) is 5.69 Å². The molecule has 2 aromatic heterocycles. The molecule has 3 N–H and O–H groups in total. The second-order valence-electron chi connectivity index (χ2n) is 3.33.